The number of benzene rings is 1. The van der Waals surface area contributed by atoms with Crippen LogP contribution in [0.25, 0.3) is 5.69 Å². The molecule has 0 bridgehead atoms. The molecule has 0 unspecified atom stereocenters. The zero-order valence-electron chi connectivity index (χ0n) is 13.4. The summed E-state index contributed by atoms with van der Waals surface area (Å²) in [6.07, 6.45) is 0.479. The third-order valence-corrected chi connectivity index (χ3v) is 7.94. The number of carbonyl (C=O) groups is 1. The largest absolute Gasteiger partial charge is 0.351 e. The molecule has 6 nitrogen and oxygen atoms in total. The summed E-state index contributed by atoms with van der Waals surface area (Å²) in [6.45, 7) is 1.78. The van der Waals surface area contributed by atoms with Crippen molar-refractivity contribution in [1.82, 2.24) is 15.1 Å². The lowest BCUT2D eigenvalue weighted by molar-refractivity contribution is -0.120. The topological polar surface area (TPSA) is 81.1 Å². The van der Waals surface area contributed by atoms with Gasteiger partial charge in [0.05, 0.1) is 22.4 Å². The van der Waals surface area contributed by atoms with Crippen LogP contribution in [0.2, 0.25) is 0 Å². The Bertz CT molecular complexity index is 921. The Hall–Kier alpha value is -1.23. The first-order chi connectivity index (χ1) is 11.8. The molecule has 1 aromatic heterocycles. The molecular formula is C15H17N3O3S4. The van der Waals surface area contributed by atoms with Crippen molar-refractivity contribution in [3.8, 4) is 5.69 Å². The van der Waals surface area contributed by atoms with Gasteiger partial charge in [0.2, 0.25) is 5.91 Å². The van der Waals surface area contributed by atoms with Crippen molar-refractivity contribution in [2.45, 2.75) is 29.0 Å². The lowest BCUT2D eigenvalue weighted by Gasteiger charge is -2.14. The van der Waals surface area contributed by atoms with Crippen LogP contribution in [0.5, 0.6) is 0 Å². The first-order valence-corrected chi connectivity index (χ1v) is 11.6. The quantitative estimate of drug-likeness (QED) is 0.597. The van der Waals surface area contributed by atoms with E-state index in [2.05, 4.69) is 10.4 Å². The maximum absolute atomic E-state index is 12.3. The van der Waals surface area contributed by atoms with Gasteiger partial charge in [0.25, 0.3) is 0 Å². The molecule has 2 atom stereocenters. The molecule has 1 aliphatic heterocycles. The van der Waals surface area contributed by atoms with E-state index in [1.165, 1.54) is 23.1 Å². The molecule has 10 heteroatoms. The molecule has 1 fully saturated rings. The average molecular weight is 416 g/mol. The summed E-state index contributed by atoms with van der Waals surface area (Å²) in [5.41, 5.74) is 0.879. The van der Waals surface area contributed by atoms with Gasteiger partial charge < -0.3 is 5.32 Å². The van der Waals surface area contributed by atoms with E-state index < -0.39 is 9.84 Å². The number of amides is 1. The zero-order chi connectivity index (χ0) is 18.0. The van der Waals surface area contributed by atoms with Crippen LogP contribution < -0.4 is 5.32 Å². The van der Waals surface area contributed by atoms with Crippen molar-refractivity contribution in [3.05, 3.63) is 34.3 Å². The van der Waals surface area contributed by atoms with E-state index in [1.54, 1.807) is 11.6 Å². The molecule has 1 saturated heterocycles. The van der Waals surface area contributed by atoms with Crippen LogP contribution in [0.4, 0.5) is 0 Å². The lowest BCUT2D eigenvalue weighted by Crippen LogP contribution is -2.39. The molecule has 1 amide bonds. The molecule has 25 heavy (non-hydrogen) atoms. The first-order valence-electron chi connectivity index (χ1n) is 7.67. The number of nitrogens with one attached hydrogen (secondary N) is 1. The van der Waals surface area contributed by atoms with Crippen molar-refractivity contribution in [2.24, 2.45) is 0 Å². The van der Waals surface area contributed by atoms with Crippen molar-refractivity contribution in [1.29, 1.82) is 0 Å². The minimum atomic E-state index is -3.01. The van der Waals surface area contributed by atoms with Crippen LogP contribution in [0.1, 0.15) is 13.3 Å². The minimum Gasteiger partial charge on any atom is -0.351 e. The van der Waals surface area contributed by atoms with Gasteiger partial charge in [-0.2, -0.15) is 0 Å². The molecule has 2 aromatic rings. The molecule has 1 aliphatic rings. The molecule has 0 aliphatic carbocycles. The number of hydrogen-bond donors (Lipinski definition) is 1. The SMILES string of the molecule is C[C@H](Sc1nn(-c2ccccc2)c(=S)s1)C(=O)N[C@@H]1CCS(=O)(=O)C1. The van der Waals surface area contributed by atoms with Crippen LogP contribution in [-0.2, 0) is 14.6 Å². The molecule has 3 rings (SSSR count). The van der Waals surface area contributed by atoms with Crippen LogP contribution in [-0.4, -0.2) is 46.9 Å². The van der Waals surface area contributed by atoms with E-state index in [-0.39, 0.29) is 28.7 Å². The van der Waals surface area contributed by atoms with Gasteiger partial charge in [-0.3, -0.25) is 4.79 Å². The number of aromatic nitrogens is 2. The third-order valence-electron chi connectivity index (χ3n) is 3.76. The van der Waals surface area contributed by atoms with Crippen molar-refractivity contribution < 1.29 is 13.2 Å². The summed E-state index contributed by atoms with van der Waals surface area (Å²) in [5, 5.41) is 6.91. The number of nitrogens with zero attached hydrogens (tertiary/aromatic N) is 2. The average Bonchev–Trinajstić information content (AvgIpc) is 3.10. The number of rotatable bonds is 5. The van der Waals surface area contributed by atoms with Gasteiger partial charge in [0, 0.05) is 6.04 Å². The molecule has 2 heterocycles. The summed E-state index contributed by atoms with van der Waals surface area (Å²) in [4.78, 5) is 12.3. The van der Waals surface area contributed by atoms with E-state index in [0.717, 1.165) is 5.69 Å². The predicted octanol–water partition coefficient (Wildman–Crippen LogP) is 2.45. The summed E-state index contributed by atoms with van der Waals surface area (Å²) >= 11 is 8.03. The standard InChI is InChI=1S/C15H17N3O3S4/c1-10(13(19)16-11-7-8-25(20,21)9-11)23-14-17-18(15(22)24-14)12-5-3-2-4-6-12/h2-6,10-11H,7-9H2,1H3,(H,16,19)/t10-,11+/m0/s1. The highest BCUT2D eigenvalue weighted by Crippen LogP contribution is 2.28. The Balaban J connectivity index is 1.64. The van der Waals surface area contributed by atoms with Gasteiger partial charge in [0.1, 0.15) is 0 Å². The van der Waals surface area contributed by atoms with Crippen LogP contribution in [0.3, 0.4) is 0 Å². The Labute approximate surface area is 159 Å². The normalized spacial score (nSPS) is 20.3. The third kappa shape index (κ3) is 4.69. The Morgan fingerprint density at radius 1 is 1.44 bits per heavy atom. The zero-order valence-corrected chi connectivity index (χ0v) is 16.7. The number of thioether (sulfide) groups is 1. The van der Waals surface area contributed by atoms with Crippen LogP contribution in [0.15, 0.2) is 34.7 Å². The van der Waals surface area contributed by atoms with E-state index in [0.29, 0.717) is 14.7 Å². The summed E-state index contributed by atoms with van der Waals surface area (Å²) in [5.74, 6) is -0.0143. The minimum absolute atomic E-state index is 0.0255. The highest BCUT2D eigenvalue weighted by atomic mass is 32.2. The van der Waals surface area contributed by atoms with Gasteiger partial charge in [0.15, 0.2) is 18.1 Å². The fourth-order valence-electron chi connectivity index (χ4n) is 2.47. The molecule has 0 saturated carbocycles. The summed E-state index contributed by atoms with van der Waals surface area (Å²) in [7, 11) is -3.01. The number of sulfone groups is 1. The molecule has 0 radical (unpaired) electrons. The maximum atomic E-state index is 12.3. The second-order valence-corrected chi connectivity index (χ2v) is 11.2. The molecular weight excluding hydrogens is 398 g/mol. The predicted molar refractivity (Wildman–Crippen MR) is 103 cm³/mol. The molecule has 1 aromatic carbocycles. The van der Waals surface area contributed by atoms with Gasteiger partial charge in [-0.1, -0.05) is 41.3 Å². The number of hydrogen-bond acceptors (Lipinski definition) is 7. The maximum Gasteiger partial charge on any atom is 0.233 e. The Morgan fingerprint density at radius 3 is 2.80 bits per heavy atom. The van der Waals surface area contributed by atoms with Crippen molar-refractivity contribution in [3.63, 3.8) is 0 Å². The first kappa shape index (κ1) is 18.6. The van der Waals surface area contributed by atoms with Crippen LogP contribution >= 0.6 is 35.3 Å². The van der Waals surface area contributed by atoms with Gasteiger partial charge in [-0.15, -0.1) is 5.10 Å². The number of carbonyl (C=O) groups excluding carboxylic acids is 1. The second-order valence-electron chi connectivity index (χ2n) is 5.75. The second kappa shape index (κ2) is 7.56. The smallest absolute Gasteiger partial charge is 0.233 e. The fourth-order valence-corrected chi connectivity index (χ4v) is 6.66. The monoisotopic (exact) mass is 415 g/mol. The highest BCUT2D eigenvalue weighted by molar-refractivity contribution is 8.02. The molecule has 0 spiro atoms. The fraction of sp³-hybridized carbons (Fsp3) is 0.400. The summed E-state index contributed by atoms with van der Waals surface area (Å²) < 4.78 is 26.0. The van der Waals surface area contributed by atoms with Crippen molar-refractivity contribution >= 4 is 51.1 Å². The Kier molecular flexibility index (Phi) is 5.62. The van der Waals surface area contributed by atoms with Gasteiger partial charge in [-0.05, 0) is 37.7 Å². The summed E-state index contributed by atoms with van der Waals surface area (Å²) in [6, 6.07) is 9.29. The van der Waals surface area contributed by atoms with Gasteiger partial charge in [-0.25, -0.2) is 13.1 Å². The molecule has 134 valence electrons. The molecule has 1 N–H and O–H groups in total. The lowest BCUT2D eigenvalue weighted by atomic mass is 10.2. The number of para-hydroxylation sites is 1. The van der Waals surface area contributed by atoms with Crippen LogP contribution in [0, 0.1) is 3.95 Å². The Morgan fingerprint density at radius 2 is 2.16 bits per heavy atom. The van der Waals surface area contributed by atoms with E-state index in [4.69, 9.17) is 12.2 Å². The van der Waals surface area contributed by atoms with Crippen molar-refractivity contribution in [2.75, 3.05) is 11.5 Å². The van der Waals surface area contributed by atoms with E-state index in [1.807, 2.05) is 30.3 Å². The van der Waals surface area contributed by atoms with Gasteiger partial charge >= 0.3 is 0 Å². The van der Waals surface area contributed by atoms with E-state index in [9.17, 15) is 13.2 Å². The van der Waals surface area contributed by atoms with E-state index >= 15 is 0 Å². The highest BCUT2D eigenvalue weighted by Gasteiger charge is 2.30.